The molecule has 0 spiro atoms. The van der Waals surface area contributed by atoms with Crippen LogP contribution in [0.3, 0.4) is 0 Å². The summed E-state index contributed by atoms with van der Waals surface area (Å²) in [6.45, 7) is 2.09. The number of carbonyl (C=O) groups excluding carboxylic acids is 2. The van der Waals surface area contributed by atoms with Gasteiger partial charge < -0.3 is 15.4 Å². The zero-order valence-corrected chi connectivity index (χ0v) is 17.6. The summed E-state index contributed by atoms with van der Waals surface area (Å²) in [7, 11) is -3.11. The first-order valence-corrected chi connectivity index (χ1v) is 11.9. The molecule has 1 fully saturated rings. The molecule has 8 nitrogen and oxygen atoms in total. The summed E-state index contributed by atoms with van der Waals surface area (Å²) in [5, 5.41) is 5.79. The topological polar surface area (TPSA) is 105 Å². The SMILES string of the molecule is CS(=O)(=O)N1CCC(CNC(=O)CCCOc2ccc3c(c2)CCC(=O)N3)CC1. The summed E-state index contributed by atoms with van der Waals surface area (Å²) in [5.41, 5.74) is 1.91. The predicted molar refractivity (Wildman–Crippen MR) is 110 cm³/mol. The van der Waals surface area contributed by atoms with Crippen molar-refractivity contribution in [3.05, 3.63) is 23.8 Å². The van der Waals surface area contributed by atoms with Crippen LogP contribution in [-0.2, 0) is 26.0 Å². The summed E-state index contributed by atoms with van der Waals surface area (Å²) in [5.74, 6) is 1.10. The van der Waals surface area contributed by atoms with E-state index < -0.39 is 10.0 Å². The molecule has 1 aromatic rings. The minimum absolute atomic E-state index is 0.00713. The fraction of sp³-hybridized carbons (Fsp3) is 0.600. The highest BCUT2D eigenvalue weighted by molar-refractivity contribution is 7.88. The normalized spacial score (nSPS) is 18.0. The molecule has 2 aliphatic rings. The lowest BCUT2D eigenvalue weighted by molar-refractivity contribution is -0.121. The van der Waals surface area contributed by atoms with Gasteiger partial charge in [0.25, 0.3) is 0 Å². The smallest absolute Gasteiger partial charge is 0.224 e. The highest BCUT2D eigenvalue weighted by Crippen LogP contribution is 2.26. The average molecular weight is 424 g/mol. The largest absolute Gasteiger partial charge is 0.494 e. The first-order chi connectivity index (χ1) is 13.8. The Hall–Kier alpha value is -2.13. The Balaban J connectivity index is 1.30. The summed E-state index contributed by atoms with van der Waals surface area (Å²) in [6, 6.07) is 5.62. The number of benzene rings is 1. The fourth-order valence-electron chi connectivity index (χ4n) is 3.66. The Morgan fingerprint density at radius 3 is 2.76 bits per heavy atom. The summed E-state index contributed by atoms with van der Waals surface area (Å²) in [4.78, 5) is 23.4. The van der Waals surface area contributed by atoms with Crippen LogP contribution in [0, 0.1) is 5.92 Å². The first-order valence-electron chi connectivity index (χ1n) is 10.1. The molecule has 0 aliphatic carbocycles. The van der Waals surface area contributed by atoms with Crippen molar-refractivity contribution in [3.8, 4) is 5.75 Å². The minimum atomic E-state index is -3.11. The number of sulfonamides is 1. The minimum Gasteiger partial charge on any atom is -0.494 e. The van der Waals surface area contributed by atoms with Gasteiger partial charge in [-0.1, -0.05) is 0 Å². The van der Waals surface area contributed by atoms with Crippen molar-refractivity contribution in [2.45, 2.75) is 38.5 Å². The standard InChI is InChI=1S/C20H29N3O5S/c1-29(26,27)23-10-8-15(9-11-23)14-21-19(24)3-2-12-28-17-5-6-18-16(13-17)4-7-20(25)22-18/h5-6,13,15H,2-4,7-12,14H2,1H3,(H,21,24)(H,22,25). The number of carbonyl (C=O) groups is 2. The second-order valence-electron chi connectivity index (χ2n) is 7.73. The summed E-state index contributed by atoms with van der Waals surface area (Å²) in [6.07, 6.45) is 4.99. The number of nitrogens with one attached hydrogen (secondary N) is 2. The Bertz CT molecular complexity index is 848. The number of rotatable bonds is 8. The molecule has 3 rings (SSSR count). The van der Waals surface area contributed by atoms with E-state index in [0.29, 0.717) is 57.8 Å². The molecule has 2 amide bonds. The van der Waals surface area contributed by atoms with Crippen LogP contribution < -0.4 is 15.4 Å². The van der Waals surface area contributed by atoms with Crippen LogP contribution in [0.15, 0.2) is 18.2 Å². The molecular formula is C20H29N3O5S. The quantitative estimate of drug-likeness (QED) is 0.617. The van der Waals surface area contributed by atoms with E-state index in [9.17, 15) is 18.0 Å². The van der Waals surface area contributed by atoms with Crippen molar-refractivity contribution in [2.75, 3.05) is 37.8 Å². The zero-order valence-electron chi connectivity index (χ0n) is 16.8. The van der Waals surface area contributed by atoms with E-state index in [0.717, 1.165) is 29.8 Å². The number of amides is 2. The van der Waals surface area contributed by atoms with Crippen molar-refractivity contribution >= 4 is 27.5 Å². The van der Waals surface area contributed by atoms with E-state index in [2.05, 4.69) is 10.6 Å². The van der Waals surface area contributed by atoms with Gasteiger partial charge in [-0.2, -0.15) is 0 Å². The Labute approximate surface area is 172 Å². The molecule has 0 atom stereocenters. The highest BCUT2D eigenvalue weighted by atomic mass is 32.2. The number of hydrogen-bond donors (Lipinski definition) is 2. The first kappa shape index (κ1) is 21.6. The summed E-state index contributed by atoms with van der Waals surface area (Å²) >= 11 is 0. The van der Waals surface area contributed by atoms with Gasteiger partial charge in [-0.3, -0.25) is 9.59 Å². The molecular weight excluding hydrogens is 394 g/mol. The van der Waals surface area contributed by atoms with Crippen LogP contribution in [-0.4, -0.2) is 57.0 Å². The van der Waals surface area contributed by atoms with E-state index >= 15 is 0 Å². The predicted octanol–water partition coefficient (Wildman–Crippen LogP) is 1.52. The Morgan fingerprint density at radius 2 is 2.03 bits per heavy atom. The van der Waals surface area contributed by atoms with Gasteiger partial charge in [0.15, 0.2) is 0 Å². The van der Waals surface area contributed by atoms with Crippen molar-refractivity contribution < 1.29 is 22.7 Å². The van der Waals surface area contributed by atoms with Gasteiger partial charge >= 0.3 is 0 Å². The zero-order chi connectivity index (χ0) is 20.9. The van der Waals surface area contributed by atoms with Gasteiger partial charge in [0.2, 0.25) is 21.8 Å². The van der Waals surface area contributed by atoms with Crippen molar-refractivity contribution in [1.29, 1.82) is 0 Å². The van der Waals surface area contributed by atoms with Crippen LogP contribution >= 0.6 is 0 Å². The molecule has 0 unspecified atom stereocenters. The molecule has 0 saturated carbocycles. The van der Waals surface area contributed by atoms with Crippen molar-refractivity contribution in [1.82, 2.24) is 9.62 Å². The van der Waals surface area contributed by atoms with Gasteiger partial charge in [0.1, 0.15) is 5.75 Å². The van der Waals surface area contributed by atoms with Crippen molar-refractivity contribution in [3.63, 3.8) is 0 Å². The average Bonchev–Trinajstić information content (AvgIpc) is 2.69. The molecule has 0 radical (unpaired) electrons. The maximum atomic E-state index is 12.0. The second-order valence-corrected chi connectivity index (χ2v) is 9.71. The number of fused-ring (bicyclic) bond motifs is 1. The van der Waals surface area contributed by atoms with E-state index in [1.165, 1.54) is 10.6 Å². The van der Waals surface area contributed by atoms with Crippen LogP contribution in [0.5, 0.6) is 5.75 Å². The fourth-order valence-corrected chi connectivity index (χ4v) is 4.54. The van der Waals surface area contributed by atoms with Crippen LogP contribution in [0.2, 0.25) is 0 Å². The number of aryl methyl sites for hydroxylation is 1. The lowest BCUT2D eigenvalue weighted by atomic mass is 9.98. The second kappa shape index (κ2) is 9.58. The maximum Gasteiger partial charge on any atom is 0.224 e. The molecule has 2 N–H and O–H groups in total. The molecule has 0 aromatic heterocycles. The molecule has 9 heteroatoms. The molecule has 1 saturated heterocycles. The molecule has 29 heavy (non-hydrogen) atoms. The van der Waals surface area contributed by atoms with E-state index in [1.807, 2.05) is 18.2 Å². The molecule has 2 aliphatic heterocycles. The molecule has 2 heterocycles. The third-order valence-electron chi connectivity index (χ3n) is 5.42. The van der Waals surface area contributed by atoms with Gasteiger partial charge in [0.05, 0.1) is 12.9 Å². The van der Waals surface area contributed by atoms with E-state index in [-0.39, 0.29) is 11.8 Å². The lowest BCUT2D eigenvalue weighted by Gasteiger charge is -2.30. The van der Waals surface area contributed by atoms with Gasteiger partial charge in [-0.15, -0.1) is 0 Å². The molecule has 1 aromatic carbocycles. The lowest BCUT2D eigenvalue weighted by Crippen LogP contribution is -2.41. The number of anilines is 1. The van der Waals surface area contributed by atoms with E-state index in [4.69, 9.17) is 4.74 Å². The third kappa shape index (κ3) is 6.43. The number of ether oxygens (including phenoxy) is 1. The summed E-state index contributed by atoms with van der Waals surface area (Å²) < 4.78 is 30.3. The third-order valence-corrected chi connectivity index (χ3v) is 6.72. The number of hydrogen-bond acceptors (Lipinski definition) is 5. The van der Waals surface area contributed by atoms with Gasteiger partial charge in [-0.05, 0) is 55.4 Å². The molecule has 0 bridgehead atoms. The maximum absolute atomic E-state index is 12.0. The van der Waals surface area contributed by atoms with Crippen LogP contribution in [0.1, 0.15) is 37.7 Å². The van der Waals surface area contributed by atoms with Gasteiger partial charge in [-0.25, -0.2) is 12.7 Å². The Morgan fingerprint density at radius 1 is 1.28 bits per heavy atom. The van der Waals surface area contributed by atoms with Crippen LogP contribution in [0.4, 0.5) is 5.69 Å². The van der Waals surface area contributed by atoms with Crippen LogP contribution in [0.25, 0.3) is 0 Å². The molecule has 160 valence electrons. The Kier molecular flexibility index (Phi) is 7.13. The number of nitrogens with zero attached hydrogens (tertiary/aromatic N) is 1. The monoisotopic (exact) mass is 423 g/mol. The number of piperidine rings is 1. The van der Waals surface area contributed by atoms with Crippen molar-refractivity contribution in [2.24, 2.45) is 5.92 Å². The van der Waals surface area contributed by atoms with Gasteiger partial charge in [0, 0.05) is 38.2 Å². The highest BCUT2D eigenvalue weighted by Gasteiger charge is 2.25. The van der Waals surface area contributed by atoms with E-state index in [1.54, 1.807) is 0 Å².